The van der Waals surface area contributed by atoms with Crippen LogP contribution < -0.4 is 9.80 Å². The van der Waals surface area contributed by atoms with Crippen molar-refractivity contribution in [3.63, 3.8) is 0 Å². The van der Waals surface area contributed by atoms with E-state index in [9.17, 15) is 4.79 Å². The van der Waals surface area contributed by atoms with Crippen molar-refractivity contribution in [3.05, 3.63) is 59.3 Å². The second kappa shape index (κ2) is 8.92. The Labute approximate surface area is 183 Å². The van der Waals surface area contributed by atoms with Gasteiger partial charge in [-0.1, -0.05) is 38.1 Å². The lowest BCUT2D eigenvalue weighted by atomic mass is 10.1. The Kier molecular flexibility index (Phi) is 6.07. The molecule has 0 atom stereocenters. The number of aryl methyl sites for hydroxylation is 1. The highest BCUT2D eigenvalue weighted by Crippen LogP contribution is 2.27. The number of rotatable bonds is 5. The van der Waals surface area contributed by atoms with E-state index in [1.165, 1.54) is 16.8 Å². The first-order chi connectivity index (χ1) is 14.9. The number of ether oxygens (including phenoxy) is 1. The summed E-state index contributed by atoms with van der Waals surface area (Å²) >= 11 is 0. The third-order valence-electron chi connectivity index (χ3n) is 5.79. The standard InChI is InChI=1S/C25H30N4O2/c1-17(2)16-31-25(30)23-24(27-21-10-6-5-9-20(21)26-23)29-14-12-28(13-15-29)22-11-7-8-18(3)19(22)4/h5-11,17H,12-16H2,1-4H3. The number of benzene rings is 2. The molecule has 6 nitrogen and oxygen atoms in total. The number of carbonyl (C=O) groups excluding carboxylic acids is 1. The molecule has 2 heterocycles. The molecule has 0 radical (unpaired) electrons. The van der Waals surface area contributed by atoms with Gasteiger partial charge in [0.1, 0.15) is 0 Å². The van der Waals surface area contributed by atoms with Crippen LogP contribution in [0.3, 0.4) is 0 Å². The van der Waals surface area contributed by atoms with Gasteiger partial charge in [0.05, 0.1) is 17.6 Å². The fourth-order valence-electron chi connectivity index (χ4n) is 3.90. The maximum absolute atomic E-state index is 12.9. The van der Waals surface area contributed by atoms with Gasteiger partial charge in [0.2, 0.25) is 0 Å². The first-order valence-electron chi connectivity index (χ1n) is 10.9. The van der Waals surface area contributed by atoms with Crippen molar-refractivity contribution in [2.45, 2.75) is 27.7 Å². The van der Waals surface area contributed by atoms with E-state index in [1.54, 1.807) is 0 Å². The van der Waals surface area contributed by atoms with E-state index in [0.29, 0.717) is 23.6 Å². The molecular weight excluding hydrogens is 388 g/mol. The van der Waals surface area contributed by atoms with Crippen molar-refractivity contribution in [1.29, 1.82) is 0 Å². The van der Waals surface area contributed by atoms with Crippen LogP contribution in [0, 0.1) is 19.8 Å². The zero-order chi connectivity index (χ0) is 22.0. The molecule has 1 fully saturated rings. The van der Waals surface area contributed by atoms with Gasteiger partial charge in [0.25, 0.3) is 0 Å². The first-order valence-corrected chi connectivity index (χ1v) is 10.9. The summed E-state index contributed by atoms with van der Waals surface area (Å²) in [7, 11) is 0. The second-order valence-corrected chi connectivity index (χ2v) is 8.57. The van der Waals surface area contributed by atoms with Crippen molar-refractivity contribution in [2.75, 3.05) is 42.6 Å². The van der Waals surface area contributed by atoms with Crippen molar-refractivity contribution in [2.24, 2.45) is 5.92 Å². The lowest BCUT2D eigenvalue weighted by molar-refractivity contribution is 0.0453. The highest BCUT2D eigenvalue weighted by Gasteiger charge is 2.26. The number of esters is 1. The van der Waals surface area contributed by atoms with Gasteiger partial charge in [0.15, 0.2) is 11.5 Å². The molecule has 6 heteroatoms. The minimum Gasteiger partial charge on any atom is -0.461 e. The molecule has 31 heavy (non-hydrogen) atoms. The maximum atomic E-state index is 12.9. The van der Waals surface area contributed by atoms with E-state index in [-0.39, 0.29) is 5.92 Å². The highest BCUT2D eigenvalue weighted by atomic mass is 16.5. The molecule has 1 saturated heterocycles. The van der Waals surface area contributed by atoms with Crippen LogP contribution in [0.15, 0.2) is 42.5 Å². The molecule has 0 saturated carbocycles. The number of anilines is 2. The van der Waals surface area contributed by atoms with E-state index in [2.05, 4.69) is 46.8 Å². The maximum Gasteiger partial charge on any atom is 0.360 e. The summed E-state index contributed by atoms with van der Waals surface area (Å²) < 4.78 is 5.51. The van der Waals surface area contributed by atoms with Crippen LogP contribution in [0.4, 0.5) is 11.5 Å². The van der Waals surface area contributed by atoms with Gasteiger partial charge >= 0.3 is 5.97 Å². The number of hydrogen-bond donors (Lipinski definition) is 0. The van der Waals surface area contributed by atoms with Crippen LogP contribution in [0.5, 0.6) is 0 Å². The molecule has 1 aromatic heterocycles. The van der Waals surface area contributed by atoms with Crippen molar-refractivity contribution in [3.8, 4) is 0 Å². The zero-order valence-electron chi connectivity index (χ0n) is 18.8. The topological polar surface area (TPSA) is 58.6 Å². The predicted molar refractivity (Wildman–Crippen MR) is 125 cm³/mol. The number of aromatic nitrogens is 2. The van der Waals surface area contributed by atoms with E-state index < -0.39 is 5.97 Å². The van der Waals surface area contributed by atoms with Crippen molar-refractivity contribution in [1.82, 2.24) is 9.97 Å². The van der Waals surface area contributed by atoms with E-state index in [1.807, 2.05) is 38.1 Å². The third-order valence-corrected chi connectivity index (χ3v) is 5.79. The summed E-state index contributed by atoms with van der Waals surface area (Å²) in [5.41, 5.74) is 5.70. The van der Waals surface area contributed by atoms with Gasteiger partial charge in [-0.25, -0.2) is 14.8 Å². The number of fused-ring (bicyclic) bond motifs is 1. The molecule has 2 aromatic carbocycles. The van der Waals surface area contributed by atoms with Crippen molar-refractivity contribution < 1.29 is 9.53 Å². The molecule has 1 aliphatic rings. The normalized spacial score (nSPS) is 14.4. The summed E-state index contributed by atoms with van der Waals surface area (Å²) in [6.45, 7) is 12.0. The molecule has 162 valence electrons. The Balaban J connectivity index is 1.60. The van der Waals surface area contributed by atoms with E-state index in [0.717, 1.165) is 31.7 Å². The summed E-state index contributed by atoms with van der Waals surface area (Å²) in [6, 6.07) is 14.1. The predicted octanol–water partition coefficient (Wildman–Crippen LogP) is 4.39. The van der Waals surface area contributed by atoms with Crippen LogP contribution in [0.25, 0.3) is 11.0 Å². The lowest BCUT2D eigenvalue weighted by Crippen LogP contribution is -2.47. The average molecular weight is 419 g/mol. The quantitative estimate of drug-likeness (QED) is 0.573. The number of nitrogens with zero attached hydrogens (tertiary/aromatic N) is 4. The fourth-order valence-corrected chi connectivity index (χ4v) is 3.90. The molecule has 4 rings (SSSR count). The van der Waals surface area contributed by atoms with Crippen LogP contribution in [-0.4, -0.2) is 48.7 Å². The second-order valence-electron chi connectivity index (χ2n) is 8.57. The molecule has 1 aliphatic heterocycles. The Morgan fingerprint density at radius 3 is 2.26 bits per heavy atom. The highest BCUT2D eigenvalue weighted by molar-refractivity contribution is 5.95. The number of para-hydroxylation sites is 2. The third kappa shape index (κ3) is 4.48. The Morgan fingerprint density at radius 2 is 1.58 bits per heavy atom. The largest absolute Gasteiger partial charge is 0.461 e. The Bertz CT molecular complexity index is 1090. The van der Waals surface area contributed by atoms with Gasteiger partial charge in [-0.2, -0.15) is 0 Å². The van der Waals surface area contributed by atoms with Gasteiger partial charge in [-0.15, -0.1) is 0 Å². The SMILES string of the molecule is Cc1cccc(N2CCN(c3nc4ccccc4nc3C(=O)OCC(C)C)CC2)c1C. The summed E-state index contributed by atoms with van der Waals surface area (Å²) in [4.78, 5) is 26.9. The lowest BCUT2D eigenvalue weighted by Gasteiger charge is -2.38. The summed E-state index contributed by atoms with van der Waals surface area (Å²) in [5, 5.41) is 0. The first kappa shape index (κ1) is 21.1. The number of carbonyl (C=O) groups is 1. The minimum absolute atomic E-state index is 0.266. The van der Waals surface area contributed by atoms with Crippen LogP contribution in [0.2, 0.25) is 0 Å². The van der Waals surface area contributed by atoms with E-state index in [4.69, 9.17) is 9.72 Å². The molecule has 0 bridgehead atoms. The molecule has 3 aromatic rings. The Morgan fingerprint density at radius 1 is 0.935 bits per heavy atom. The van der Waals surface area contributed by atoms with Gasteiger partial charge in [-0.3, -0.25) is 0 Å². The van der Waals surface area contributed by atoms with Crippen LogP contribution in [-0.2, 0) is 4.74 Å². The number of piperazine rings is 1. The smallest absolute Gasteiger partial charge is 0.360 e. The van der Waals surface area contributed by atoms with Gasteiger partial charge in [-0.05, 0) is 49.1 Å². The Hall–Kier alpha value is -3.15. The van der Waals surface area contributed by atoms with E-state index >= 15 is 0 Å². The van der Waals surface area contributed by atoms with Gasteiger partial charge < -0.3 is 14.5 Å². The zero-order valence-corrected chi connectivity index (χ0v) is 18.8. The summed E-state index contributed by atoms with van der Waals surface area (Å²) in [5.74, 6) is 0.480. The molecule has 0 amide bonds. The molecule has 0 N–H and O–H groups in total. The monoisotopic (exact) mass is 418 g/mol. The fraction of sp³-hybridized carbons (Fsp3) is 0.400. The van der Waals surface area contributed by atoms with Crippen LogP contribution >= 0.6 is 0 Å². The molecule has 0 unspecified atom stereocenters. The molecular formula is C25H30N4O2. The van der Waals surface area contributed by atoms with Crippen molar-refractivity contribution >= 4 is 28.5 Å². The summed E-state index contributed by atoms with van der Waals surface area (Å²) in [6.07, 6.45) is 0. The molecule has 0 spiro atoms. The van der Waals surface area contributed by atoms with Gasteiger partial charge in [0, 0.05) is 31.9 Å². The average Bonchev–Trinajstić information content (AvgIpc) is 2.78. The minimum atomic E-state index is -0.404. The van der Waals surface area contributed by atoms with Crippen LogP contribution in [0.1, 0.15) is 35.5 Å². The molecule has 0 aliphatic carbocycles. The number of hydrogen-bond acceptors (Lipinski definition) is 6.